The predicted molar refractivity (Wildman–Crippen MR) is 118 cm³/mol. The molecule has 4 rings (SSSR count). The molecule has 1 aliphatic heterocycles. The minimum absolute atomic E-state index is 0.136. The smallest absolute Gasteiger partial charge is 0.237 e. The van der Waals surface area contributed by atoms with Gasteiger partial charge >= 0.3 is 0 Å². The maximum absolute atomic E-state index is 12.3. The molecule has 8 nitrogen and oxygen atoms in total. The summed E-state index contributed by atoms with van der Waals surface area (Å²) in [4.78, 5) is 18.7. The number of rotatable bonds is 6. The van der Waals surface area contributed by atoms with Crippen LogP contribution in [0.3, 0.4) is 0 Å². The molecule has 2 heterocycles. The van der Waals surface area contributed by atoms with Gasteiger partial charge in [0, 0.05) is 29.7 Å². The highest BCUT2D eigenvalue weighted by Crippen LogP contribution is 2.36. The predicted octanol–water partition coefficient (Wildman–Crippen LogP) is 4.20. The Morgan fingerprint density at radius 1 is 1.23 bits per heavy atom. The number of benzene rings is 2. The molecule has 0 radical (unpaired) electrons. The lowest BCUT2D eigenvalue weighted by Crippen LogP contribution is -2.28. The molecule has 9 heteroatoms. The number of carbonyl (C=O) groups is 1. The third-order valence-corrected chi connectivity index (χ3v) is 6.16. The van der Waals surface area contributed by atoms with E-state index in [-0.39, 0.29) is 17.8 Å². The molecule has 1 aliphatic rings. The first kappa shape index (κ1) is 21.0. The lowest BCUT2D eigenvalue weighted by molar-refractivity contribution is -0.129. The molecule has 3 N–H and O–H groups in total. The Hall–Kier alpha value is -3.30. The lowest BCUT2D eigenvalue weighted by atomic mass is 10.0. The number of amides is 1. The molecule has 0 saturated carbocycles. The maximum Gasteiger partial charge on any atom is 0.237 e. The second kappa shape index (κ2) is 8.83. The fourth-order valence-corrected chi connectivity index (χ4v) is 4.33. The van der Waals surface area contributed by atoms with Crippen molar-refractivity contribution in [3.8, 4) is 22.1 Å². The van der Waals surface area contributed by atoms with Crippen LogP contribution >= 0.6 is 11.3 Å². The SMILES string of the molecule is Cc1nnc(-c2ccc(Oc3cc(C(=N)ON)ccc3[C@H](C)N3CCCC3=O)cc2)s1. The van der Waals surface area contributed by atoms with E-state index < -0.39 is 0 Å². The lowest BCUT2D eigenvalue weighted by Gasteiger charge is -2.26. The fourth-order valence-electron chi connectivity index (χ4n) is 3.63. The van der Waals surface area contributed by atoms with Crippen LogP contribution in [0.2, 0.25) is 0 Å². The first-order valence-electron chi connectivity index (χ1n) is 9.93. The van der Waals surface area contributed by atoms with Gasteiger partial charge in [0.15, 0.2) is 0 Å². The molecule has 160 valence electrons. The van der Waals surface area contributed by atoms with Gasteiger partial charge in [-0.2, -0.15) is 5.90 Å². The van der Waals surface area contributed by atoms with Crippen molar-refractivity contribution in [2.75, 3.05) is 6.54 Å². The molecular formula is C22H23N5O3S. The summed E-state index contributed by atoms with van der Waals surface area (Å²) in [7, 11) is 0. The average Bonchev–Trinajstić information content (AvgIpc) is 3.41. The van der Waals surface area contributed by atoms with Gasteiger partial charge in [-0.15, -0.1) is 10.2 Å². The van der Waals surface area contributed by atoms with Crippen molar-refractivity contribution in [3.05, 3.63) is 58.6 Å². The minimum atomic E-state index is -0.164. The van der Waals surface area contributed by atoms with Crippen molar-refractivity contribution in [1.82, 2.24) is 15.1 Å². The topological polar surface area (TPSA) is 114 Å². The fraction of sp³-hybridized carbons (Fsp3) is 0.273. The van der Waals surface area contributed by atoms with Gasteiger partial charge in [-0.25, -0.2) is 0 Å². The van der Waals surface area contributed by atoms with Crippen LogP contribution in [0, 0.1) is 12.3 Å². The van der Waals surface area contributed by atoms with Crippen molar-refractivity contribution in [3.63, 3.8) is 0 Å². The van der Waals surface area contributed by atoms with E-state index in [4.69, 9.17) is 16.0 Å². The number of hydrogen-bond donors (Lipinski definition) is 2. The molecule has 1 amide bonds. The van der Waals surface area contributed by atoms with E-state index in [1.54, 1.807) is 12.1 Å². The summed E-state index contributed by atoms with van der Waals surface area (Å²) in [5, 5.41) is 17.9. The van der Waals surface area contributed by atoms with Crippen LogP contribution in [-0.2, 0) is 9.63 Å². The van der Waals surface area contributed by atoms with E-state index in [0.717, 1.165) is 34.1 Å². The van der Waals surface area contributed by atoms with Crippen molar-refractivity contribution in [1.29, 1.82) is 5.41 Å². The number of nitrogens with two attached hydrogens (primary N) is 1. The Morgan fingerprint density at radius 2 is 2.00 bits per heavy atom. The quantitative estimate of drug-likeness (QED) is 0.339. The number of nitrogens with one attached hydrogen (secondary N) is 1. The van der Waals surface area contributed by atoms with Crippen molar-refractivity contribution in [2.45, 2.75) is 32.7 Å². The number of aromatic nitrogens is 2. The largest absolute Gasteiger partial charge is 0.457 e. The highest BCUT2D eigenvalue weighted by atomic mass is 32.1. The summed E-state index contributed by atoms with van der Waals surface area (Å²) < 4.78 is 6.19. The van der Waals surface area contributed by atoms with E-state index in [2.05, 4.69) is 15.0 Å². The average molecular weight is 438 g/mol. The molecule has 0 aliphatic carbocycles. The summed E-state index contributed by atoms with van der Waals surface area (Å²) in [6.45, 7) is 4.62. The van der Waals surface area contributed by atoms with E-state index in [9.17, 15) is 4.79 Å². The van der Waals surface area contributed by atoms with E-state index in [0.29, 0.717) is 23.5 Å². The standard InChI is InChI=1S/C22H23N5O3S/c1-13(27-11-3-4-20(27)28)18-10-7-16(21(23)30-24)12-19(18)29-17-8-5-15(6-9-17)22-26-25-14(2)31-22/h5-10,12-13,23H,3-4,11,24H2,1-2H3/t13-/m0/s1. The van der Waals surface area contributed by atoms with Crippen molar-refractivity contribution in [2.24, 2.45) is 5.90 Å². The third-order valence-electron chi connectivity index (χ3n) is 5.28. The second-order valence-corrected chi connectivity index (χ2v) is 8.50. The van der Waals surface area contributed by atoms with E-state index in [1.165, 1.54) is 11.3 Å². The molecule has 31 heavy (non-hydrogen) atoms. The Kier molecular flexibility index (Phi) is 5.97. The van der Waals surface area contributed by atoms with Crippen LogP contribution in [0.15, 0.2) is 42.5 Å². The van der Waals surface area contributed by atoms with Gasteiger partial charge in [0.2, 0.25) is 11.8 Å². The van der Waals surface area contributed by atoms with Crippen LogP contribution in [0.4, 0.5) is 0 Å². The molecule has 1 saturated heterocycles. The summed E-state index contributed by atoms with van der Waals surface area (Å²) in [5.41, 5.74) is 2.30. The van der Waals surface area contributed by atoms with Gasteiger partial charge in [-0.05, 0) is 56.7 Å². The van der Waals surface area contributed by atoms with Crippen LogP contribution < -0.4 is 10.6 Å². The first-order chi connectivity index (χ1) is 15.0. The third kappa shape index (κ3) is 4.42. The Labute approximate surface area is 184 Å². The monoisotopic (exact) mass is 437 g/mol. The van der Waals surface area contributed by atoms with Crippen molar-refractivity contribution >= 4 is 23.1 Å². The van der Waals surface area contributed by atoms with Crippen LogP contribution in [0.1, 0.15) is 41.9 Å². The summed E-state index contributed by atoms with van der Waals surface area (Å²) in [6.07, 6.45) is 1.42. The van der Waals surface area contributed by atoms with Crippen LogP contribution in [-0.4, -0.2) is 33.4 Å². The van der Waals surface area contributed by atoms with E-state index >= 15 is 0 Å². The molecule has 0 bridgehead atoms. The first-order valence-corrected chi connectivity index (χ1v) is 10.8. The highest BCUT2D eigenvalue weighted by molar-refractivity contribution is 7.14. The molecular weight excluding hydrogens is 414 g/mol. The highest BCUT2D eigenvalue weighted by Gasteiger charge is 2.28. The summed E-state index contributed by atoms with van der Waals surface area (Å²) in [5.74, 6) is 6.32. The number of hydrogen-bond acceptors (Lipinski definition) is 8. The molecule has 1 atom stereocenters. The summed E-state index contributed by atoms with van der Waals surface area (Å²) >= 11 is 1.53. The normalized spacial score (nSPS) is 14.5. The summed E-state index contributed by atoms with van der Waals surface area (Å²) in [6, 6.07) is 12.7. The number of ether oxygens (including phenoxy) is 1. The number of likely N-dealkylation sites (tertiary alicyclic amines) is 1. The zero-order valence-electron chi connectivity index (χ0n) is 17.3. The van der Waals surface area contributed by atoms with Gasteiger partial charge in [0.1, 0.15) is 21.5 Å². The van der Waals surface area contributed by atoms with Crippen LogP contribution in [0.5, 0.6) is 11.5 Å². The minimum Gasteiger partial charge on any atom is -0.457 e. The van der Waals surface area contributed by atoms with Gasteiger partial charge < -0.3 is 14.5 Å². The number of aryl methyl sites for hydroxylation is 1. The molecule has 3 aromatic rings. The second-order valence-electron chi connectivity index (χ2n) is 7.32. The Morgan fingerprint density at radius 3 is 2.61 bits per heavy atom. The van der Waals surface area contributed by atoms with Crippen molar-refractivity contribution < 1.29 is 14.4 Å². The molecule has 1 aromatic heterocycles. The van der Waals surface area contributed by atoms with Gasteiger partial charge in [0.05, 0.1) is 6.04 Å². The Bertz CT molecular complexity index is 1110. The molecule has 0 unspecified atom stereocenters. The molecule has 0 spiro atoms. The molecule has 2 aromatic carbocycles. The van der Waals surface area contributed by atoms with Gasteiger partial charge in [-0.1, -0.05) is 17.4 Å². The zero-order chi connectivity index (χ0) is 22.0. The number of carbonyl (C=O) groups excluding carboxylic acids is 1. The Balaban J connectivity index is 1.64. The zero-order valence-corrected chi connectivity index (χ0v) is 18.1. The van der Waals surface area contributed by atoms with E-state index in [1.807, 2.05) is 49.1 Å². The number of nitrogens with zero attached hydrogens (tertiary/aromatic N) is 3. The van der Waals surface area contributed by atoms with Crippen LogP contribution in [0.25, 0.3) is 10.6 Å². The molecule has 1 fully saturated rings. The maximum atomic E-state index is 12.3. The van der Waals surface area contributed by atoms with Gasteiger partial charge in [0.25, 0.3) is 0 Å². The van der Waals surface area contributed by atoms with Gasteiger partial charge in [-0.3, -0.25) is 10.2 Å².